The van der Waals surface area contributed by atoms with Crippen LogP contribution in [0.4, 0.5) is 11.5 Å². The van der Waals surface area contributed by atoms with Gasteiger partial charge in [0.15, 0.2) is 12.3 Å². The number of anilines is 2. The molecule has 3 N–H and O–H groups in total. The molecule has 1 aromatic carbocycles. The summed E-state index contributed by atoms with van der Waals surface area (Å²) in [4.78, 5) is 41.2. The molecule has 0 atom stereocenters. The standard InChI is InChI=1S/C20H27ClN4O4/c1-4-5-10-24(16(26)12-29-15-8-6-14(21)7-9-15)17-18(22)25(11-13(2)3)20(28)23-19(17)27/h6-9,13H,4-5,10-12,22H2,1-3H3,(H,23,27,28). The molecule has 9 heteroatoms. The van der Waals surface area contributed by atoms with Crippen LogP contribution < -0.4 is 26.6 Å². The number of aromatic nitrogens is 2. The van der Waals surface area contributed by atoms with E-state index in [0.717, 1.165) is 6.42 Å². The van der Waals surface area contributed by atoms with Crippen LogP contribution in [0.1, 0.15) is 33.6 Å². The summed E-state index contributed by atoms with van der Waals surface area (Å²) in [7, 11) is 0. The van der Waals surface area contributed by atoms with Crippen LogP contribution in [0, 0.1) is 5.92 Å². The van der Waals surface area contributed by atoms with Gasteiger partial charge < -0.3 is 15.4 Å². The number of amides is 1. The highest BCUT2D eigenvalue weighted by Crippen LogP contribution is 2.20. The van der Waals surface area contributed by atoms with E-state index in [1.165, 1.54) is 9.47 Å². The number of nitrogens with two attached hydrogens (primary N) is 1. The fourth-order valence-electron chi connectivity index (χ4n) is 2.82. The van der Waals surface area contributed by atoms with Gasteiger partial charge in [0, 0.05) is 18.1 Å². The van der Waals surface area contributed by atoms with Gasteiger partial charge in [0.1, 0.15) is 11.6 Å². The Bertz CT molecular complexity index is 950. The molecule has 1 aromatic heterocycles. The van der Waals surface area contributed by atoms with Gasteiger partial charge >= 0.3 is 5.69 Å². The minimum absolute atomic E-state index is 0.0246. The van der Waals surface area contributed by atoms with Crippen molar-refractivity contribution in [2.24, 2.45) is 5.92 Å². The molecule has 0 bridgehead atoms. The summed E-state index contributed by atoms with van der Waals surface area (Å²) in [6.07, 6.45) is 1.47. The number of nitrogen functional groups attached to an aromatic ring is 1. The lowest BCUT2D eigenvalue weighted by molar-refractivity contribution is -0.120. The Kier molecular flexibility index (Phi) is 7.90. The molecule has 1 heterocycles. The number of hydrogen-bond donors (Lipinski definition) is 2. The molecule has 29 heavy (non-hydrogen) atoms. The van der Waals surface area contributed by atoms with Crippen molar-refractivity contribution in [1.82, 2.24) is 9.55 Å². The van der Waals surface area contributed by atoms with Crippen molar-refractivity contribution in [3.8, 4) is 5.75 Å². The maximum Gasteiger partial charge on any atom is 0.330 e. The van der Waals surface area contributed by atoms with E-state index in [-0.39, 0.29) is 30.6 Å². The van der Waals surface area contributed by atoms with Crippen molar-refractivity contribution in [2.75, 3.05) is 23.8 Å². The van der Waals surface area contributed by atoms with Crippen LogP contribution >= 0.6 is 11.6 Å². The minimum Gasteiger partial charge on any atom is -0.484 e. The minimum atomic E-state index is -0.691. The lowest BCUT2D eigenvalue weighted by Crippen LogP contribution is -2.43. The van der Waals surface area contributed by atoms with Crippen molar-refractivity contribution in [1.29, 1.82) is 0 Å². The first kappa shape index (κ1) is 22.5. The Hall–Kier alpha value is -2.74. The zero-order valence-electron chi connectivity index (χ0n) is 16.9. The summed E-state index contributed by atoms with van der Waals surface area (Å²) >= 11 is 5.85. The van der Waals surface area contributed by atoms with Crippen LogP contribution in [0.2, 0.25) is 5.02 Å². The lowest BCUT2D eigenvalue weighted by atomic mass is 10.2. The van der Waals surface area contributed by atoms with E-state index < -0.39 is 17.2 Å². The number of carbonyl (C=O) groups is 1. The second-order valence-electron chi connectivity index (χ2n) is 7.14. The Morgan fingerprint density at radius 1 is 1.28 bits per heavy atom. The normalized spacial score (nSPS) is 10.9. The van der Waals surface area contributed by atoms with E-state index >= 15 is 0 Å². The molecule has 0 fully saturated rings. The van der Waals surface area contributed by atoms with Crippen molar-refractivity contribution >= 4 is 29.0 Å². The van der Waals surface area contributed by atoms with Gasteiger partial charge in [0.2, 0.25) is 0 Å². The Balaban J connectivity index is 2.35. The quantitative estimate of drug-likeness (QED) is 0.645. The van der Waals surface area contributed by atoms with Crippen LogP contribution in [0.5, 0.6) is 5.75 Å². The molecule has 2 aromatic rings. The maximum atomic E-state index is 12.9. The Morgan fingerprint density at radius 2 is 1.93 bits per heavy atom. The summed E-state index contributed by atoms with van der Waals surface area (Å²) in [5, 5.41) is 0.556. The van der Waals surface area contributed by atoms with Gasteiger partial charge in [-0.3, -0.25) is 19.1 Å². The molecule has 8 nitrogen and oxygen atoms in total. The van der Waals surface area contributed by atoms with E-state index in [1.54, 1.807) is 24.3 Å². The van der Waals surface area contributed by atoms with Crippen molar-refractivity contribution in [3.63, 3.8) is 0 Å². The monoisotopic (exact) mass is 422 g/mol. The van der Waals surface area contributed by atoms with E-state index in [2.05, 4.69) is 4.98 Å². The topological polar surface area (TPSA) is 110 Å². The number of halogens is 1. The van der Waals surface area contributed by atoms with Crippen LogP contribution in [-0.4, -0.2) is 28.6 Å². The highest BCUT2D eigenvalue weighted by Gasteiger charge is 2.24. The average molecular weight is 423 g/mol. The number of unbranched alkanes of at least 4 members (excludes halogenated alkanes) is 1. The van der Waals surface area contributed by atoms with Crippen molar-refractivity contribution in [3.05, 3.63) is 50.1 Å². The SMILES string of the molecule is CCCCN(C(=O)COc1ccc(Cl)cc1)c1c(N)n(CC(C)C)c(=O)[nH]c1=O. The third-order valence-electron chi connectivity index (χ3n) is 4.24. The van der Waals surface area contributed by atoms with Gasteiger partial charge in [-0.25, -0.2) is 4.79 Å². The summed E-state index contributed by atoms with van der Waals surface area (Å²) in [6.45, 7) is 6.15. The van der Waals surface area contributed by atoms with E-state index in [0.29, 0.717) is 23.7 Å². The summed E-state index contributed by atoms with van der Waals surface area (Å²) in [6, 6.07) is 6.60. The van der Waals surface area contributed by atoms with E-state index in [4.69, 9.17) is 22.1 Å². The van der Waals surface area contributed by atoms with Gasteiger partial charge in [-0.2, -0.15) is 0 Å². The third-order valence-corrected chi connectivity index (χ3v) is 4.50. The molecular formula is C20H27ClN4O4. The van der Waals surface area contributed by atoms with Gasteiger partial charge in [0.25, 0.3) is 11.5 Å². The molecule has 0 aliphatic carbocycles. The number of carbonyl (C=O) groups excluding carboxylic acids is 1. The number of nitrogens with zero attached hydrogens (tertiary/aromatic N) is 2. The fraction of sp³-hybridized carbons (Fsp3) is 0.450. The largest absolute Gasteiger partial charge is 0.484 e. The first-order chi connectivity index (χ1) is 13.7. The van der Waals surface area contributed by atoms with Crippen LogP contribution in [-0.2, 0) is 11.3 Å². The molecule has 0 aliphatic heterocycles. The Morgan fingerprint density at radius 3 is 2.52 bits per heavy atom. The predicted molar refractivity (Wildman–Crippen MR) is 115 cm³/mol. The average Bonchev–Trinajstić information content (AvgIpc) is 2.66. The number of benzene rings is 1. The van der Waals surface area contributed by atoms with Gasteiger partial charge in [-0.15, -0.1) is 0 Å². The Labute approximate surface area is 174 Å². The number of hydrogen-bond acceptors (Lipinski definition) is 5. The molecule has 1 amide bonds. The molecule has 0 saturated heterocycles. The number of H-pyrrole nitrogens is 1. The number of rotatable bonds is 9. The summed E-state index contributed by atoms with van der Waals surface area (Å²) in [5.41, 5.74) is 4.85. The summed E-state index contributed by atoms with van der Waals surface area (Å²) in [5.74, 6) is 0.148. The van der Waals surface area contributed by atoms with Crippen LogP contribution in [0.3, 0.4) is 0 Å². The molecule has 0 saturated carbocycles. The second-order valence-corrected chi connectivity index (χ2v) is 7.58. The van der Waals surface area contributed by atoms with E-state index in [9.17, 15) is 14.4 Å². The third kappa shape index (κ3) is 5.87. The van der Waals surface area contributed by atoms with Gasteiger partial charge in [-0.1, -0.05) is 38.8 Å². The van der Waals surface area contributed by atoms with Crippen molar-refractivity contribution < 1.29 is 9.53 Å². The van der Waals surface area contributed by atoms with Crippen molar-refractivity contribution in [2.45, 2.75) is 40.2 Å². The zero-order valence-corrected chi connectivity index (χ0v) is 17.7. The fourth-order valence-corrected chi connectivity index (χ4v) is 2.94. The predicted octanol–water partition coefficient (Wildman–Crippen LogP) is 2.64. The molecule has 0 spiro atoms. The maximum absolute atomic E-state index is 12.9. The highest BCUT2D eigenvalue weighted by atomic mass is 35.5. The molecule has 0 aliphatic rings. The summed E-state index contributed by atoms with van der Waals surface area (Å²) < 4.78 is 6.82. The molecule has 158 valence electrons. The zero-order chi connectivity index (χ0) is 21.6. The van der Waals surface area contributed by atoms with Gasteiger partial charge in [0.05, 0.1) is 0 Å². The van der Waals surface area contributed by atoms with Crippen LogP contribution in [0.15, 0.2) is 33.9 Å². The molecule has 0 unspecified atom stereocenters. The lowest BCUT2D eigenvalue weighted by Gasteiger charge is -2.25. The number of nitrogens with one attached hydrogen (secondary N) is 1. The second kappa shape index (κ2) is 10.2. The first-order valence-corrected chi connectivity index (χ1v) is 9.93. The smallest absolute Gasteiger partial charge is 0.330 e. The molecule has 2 rings (SSSR count). The number of ether oxygens (including phenoxy) is 1. The number of aromatic amines is 1. The molecule has 0 radical (unpaired) electrons. The first-order valence-electron chi connectivity index (χ1n) is 9.55. The highest BCUT2D eigenvalue weighted by molar-refractivity contribution is 6.30. The van der Waals surface area contributed by atoms with Gasteiger partial charge in [-0.05, 0) is 36.6 Å². The molecular weight excluding hydrogens is 396 g/mol. The van der Waals surface area contributed by atoms with Crippen LogP contribution in [0.25, 0.3) is 0 Å². The van der Waals surface area contributed by atoms with E-state index in [1.807, 2.05) is 20.8 Å².